The van der Waals surface area contributed by atoms with Gasteiger partial charge < -0.3 is 20.4 Å². The van der Waals surface area contributed by atoms with Crippen LogP contribution in [0, 0.1) is 12.3 Å². The number of hydrogen-bond donors (Lipinski definition) is 2. The molecule has 8 heteroatoms. The lowest BCUT2D eigenvalue weighted by atomic mass is 10.0. The van der Waals surface area contributed by atoms with E-state index in [-0.39, 0.29) is 5.54 Å². The summed E-state index contributed by atoms with van der Waals surface area (Å²) in [6.07, 6.45) is 10.2. The molecule has 2 aromatic heterocycles. The Morgan fingerprint density at radius 2 is 2.16 bits per heavy atom. The Labute approximate surface area is 187 Å². The number of aromatic nitrogens is 4. The smallest absolute Gasteiger partial charge is 0.175 e. The number of rotatable bonds is 6. The van der Waals surface area contributed by atoms with Crippen LogP contribution < -0.4 is 15.8 Å². The summed E-state index contributed by atoms with van der Waals surface area (Å²) in [5.74, 6) is 4.11. The molecule has 1 aromatic carbocycles. The van der Waals surface area contributed by atoms with E-state index in [9.17, 15) is 0 Å². The Bertz CT molecular complexity index is 1140. The molecule has 7 nitrogen and oxygen atoms in total. The summed E-state index contributed by atoms with van der Waals surface area (Å²) in [5.41, 5.74) is 9.54. The second-order valence-corrected chi connectivity index (χ2v) is 9.67. The van der Waals surface area contributed by atoms with Gasteiger partial charge in [0.15, 0.2) is 22.1 Å². The summed E-state index contributed by atoms with van der Waals surface area (Å²) in [6, 6.07) is 4.10. The summed E-state index contributed by atoms with van der Waals surface area (Å²) in [5, 5.41) is 4.32. The lowest BCUT2D eigenvalue weighted by Gasteiger charge is -2.21. The van der Waals surface area contributed by atoms with Crippen LogP contribution in [0.1, 0.15) is 44.7 Å². The van der Waals surface area contributed by atoms with Gasteiger partial charge in [-0.05, 0) is 64.3 Å². The quantitative estimate of drug-likeness (QED) is 0.450. The first-order valence-electron chi connectivity index (χ1n) is 10.5. The van der Waals surface area contributed by atoms with E-state index in [0.29, 0.717) is 11.3 Å². The van der Waals surface area contributed by atoms with Gasteiger partial charge in [0.25, 0.3) is 0 Å². The summed E-state index contributed by atoms with van der Waals surface area (Å²) in [6.45, 7) is 8.86. The molecule has 0 fully saturated rings. The number of hydrogen-bond acceptors (Lipinski definition) is 7. The van der Waals surface area contributed by atoms with Gasteiger partial charge >= 0.3 is 0 Å². The van der Waals surface area contributed by atoms with Crippen molar-refractivity contribution in [2.24, 2.45) is 0 Å². The minimum Gasteiger partial charge on any atom is -0.493 e. The highest BCUT2D eigenvalue weighted by atomic mass is 32.2. The Morgan fingerprint density at radius 1 is 1.32 bits per heavy atom. The van der Waals surface area contributed by atoms with Crippen LogP contribution in [-0.2, 0) is 13.0 Å². The average Bonchev–Trinajstić information content (AvgIpc) is 3.08. The van der Waals surface area contributed by atoms with Gasteiger partial charge in [0, 0.05) is 22.5 Å². The van der Waals surface area contributed by atoms with Crippen LogP contribution in [0.15, 0.2) is 28.5 Å². The van der Waals surface area contributed by atoms with Gasteiger partial charge in [0.2, 0.25) is 0 Å². The van der Waals surface area contributed by atoms with Crippen molar-refractivity contribution in [2.75, 3.05) is 18.9 Å². The predicted octanol–water partition coefficient (Wildman–Crippen LogP) is 3.64. The molecule has 3 aromatic rings. The standard InChI is InChI=1S/C23H28N6OS/c1-5-15-12-16-8-6-11-30-17(16)13-18(15)31-22-28-19-20(24)25-14-26-21(19)29(22)10-7-9-27-23(2,3)4/h1,12-14,27H,6-11H2,2-4H3,(H2,24,25,26). The molecule has 0 amide bonds. The van der Waals surface area contributed by atoms with Gasteiger partial charge in [0.05, 0.1) is 6.61 Å². The van der Waals surface area contributed by atoms with Gasteiger partial charge in [-0.3, -0.25) is 0 Å². The van der Waals surface area contributed by atoms with Gasteiger partial charge in [0.1, 0.15) is 12.1 Å². The number of benzene rings is 1. The van der Waals surface area contributed by atoms with E-state index in [1.807, 2.05) is 6.07 Å². The summed E-state index contributed by atoms with van der Waals surface area (Å²) >= 11 is 1.52. The largest absolute Gasteiger partial charge is 0.493 e. The van der Waals surface area contributed by atoms with Crippen LogP contribution in [0.5, 0.6) is 5.75 Å². The lowest BCUT2D eigenvalue weighted by Crippen LogP contribution is -2.36. The van der Waals surface area contributed by atoms with Crippen molar-refractivity contribution in [3.05, 3.63) is 29.6 Å². The van der Waals surface area contributed by atoms with E-state index >= 15 is 0 Å². The highest BCUT2D eigenvalue weighted by Gasteiger charge is 2.20. The molecule has 3 N–H and O–H groups in total. The number of fused-ring (bicyclic) bond motifs is 2. The highest BCUT2D eigenvalue weighted by Crippen LogP contribution is 2.37. The maximum absolute atomic E-state index is 6.09. The predicted molar refractivity (Wildman–Crippen MR) is 124 cm³/mol. The Hall–Kier alpha value is -2.76. The van der Waals surface area contributed by atoms with Crippen molar-refractivity contribution >= 4 is 28.7 Å². The van der Waals surface area contributed by atoms with Gasteiger partial charge in [-0.25, -0.2) is 15.0 Å². The van der Waals surface area contributed by atoms with Crippen molar-refractivity contribution in [3.63, 3.8) is 0 Å². The molecule has 1 aliphatic heterocycles. The Morgan fingerprint density at radius 3 is 2.94 bits per heavy atom. The maximum Gasteiger partial charge on any atom is 0.175 e. The molecule has 0 unspecified atom stereocenters. The molecule has 1 aliphatic rings. The molecule has 0 bridgehead atoms. The zero-order valence-electron chi connectivity index (χ0n) is 18.2. The normalized spacial score (nSPS) is 13.6. The zero-order valence-corrected chi connectivity index (χ0v) is 19.1. The van der Waals surface area contributed by atoms with Gasteiger partial charge in [-0.15, -0.1) is 6.42 Å². The maximum atomic E-state index is 6.09. The van der Waals surface area contributed by atoms with Crippen molar-refractivity contribution in [3.8, 4) is 18.1 Å². The summed E-state index contributed by atoms with van der Waals surface area (Å²) in [4.78, 5) is 14.3. The molecule has 0 saturated carbocycles. The fraction of sp³-hybridized carbons (Fsp3) is 0.435. The molecular formula is C23H28N6OS. The van der Waals surface area contributed by atoms with Crippen LogP contribution in [0.25, 0.3) is 11.2 Å². The second kappa shape index (κ2) is 8.77. The van der Waals surface area contributed by atoms with Crippen molar-refractivity contribution in [1.82, 2.24) is 24.8 Å². The summed E-state index contributed by atoms with van der Waals surface area (Å²) < 4.78 is 7.96. The molecule has 4 rings (SSSR count). The third kappa shape index (κ3) is 4.78. The van der Waals surface area contributed by atoms with E-state index in [1.165, 1.54) is 23.7 Å². The van der Waals surface area contributed by atoms with E-state index in [0.717, 1.165) is 66.0 Å². The SMILES string of the molecule is C#Cc1cc2c(cc1Sc1nc3c(N)ncnc3n1CCCNC(C)(C)C)OCCC2. The van der Waals surface area contributed by atoms with Crippen LogP contribution in [0.3, 0.4) is 0 Å². The minimum absolute atomic E-state index is 0.0754. The lowest BCUT2D eigenvalue weighted by molar-refractivity contribution is 0.287. The van der Waals surface area contributed by atoms with E-state index in [2.05, 4.69) is 52.6 Å². The van der Waals surface area contributed by atoms with E-state index in [4.69, 9.17) is 21.9 Å². The van der Waals surface area contributed by atoms with Crippen LogP contribution in [-0.4, -0.2) is 38.2 Å². The Balaban J connectivity index is 1.67. The molecule has 0 aliphatic carbocycles. The van der Waals surface area contributed by atoms with Crippen LogP contribution in [0.2, 0.25) is 0 Å². The first-order chi connectivity index (χ1) is 14.9. The number of nitrogens with zero attached hydrogens (tertiary/aromatic N) is 4. The van der Waals surface area contributed by atoms with Crippen molar-refractivity contribution in [1.29, 1.82) is 0 Å². The monoisotopic (exact) mass is 436 g/mol. The first kappa shape index (κ1) is 21.5. The van der Waals surface area contributed by atoms with Crippen molar-refractivity contribution in [2.45, 2.75) is 62.2 Å². The number of terminal acetylenes is 1. The zero-order chi connectivity index (χ0) is 22.0. The van der Waals surface area contributed by atoms with E-state index in [1.54, 1.807) is 0 Å². The third-order valence-electron chi connectivity index (χ3n) is 5.11. The number of nitrogens with two attached hydrogens (primary N) is 1. The third-order valence-corrected chi connectivity index (χ3v) is 6.16. The molecule has 0 radical (unpaired) electrons. The fourth-order valence-electron chi connectivity index (χ4n) is 3.59. The molecular weight excluding hydrogens is 408 g/mol. The number of ether oxygens (including phenoxy) is 1. The average molecular weight is 437 g/mol. The van der Waals surface area contributed by atoms with Crippen molar-refractivity contribution < 1.29 is 4.74 Å². The fourth-order valence-corrected chi connectivity index (χ4v) is 4.61. The number of aryl methyl sites for hydroxylation is 2. The molecule has 31 heavy (non-hydrogen) atoms. The molecule has 162 valence electrons. The number of imidazole rings is 1. The van der Waals surface area contributed by atoms with Gasteiger partial charge in [-0.2, -0.15) is 0 Å². The minimum atomic E-state index is 0.0754. The summed E-state index contributed by atoms with van der Waals surface area (Å²) in [7, 11) is 0. The topological polar surface area (TPSA) is 90.9 Å². The highest BCUT2D eigenvalue weighted by molar-refractivity contribution is 7.99. The molecule has 0 atom stereocenters. The molecule has 3 heterocycles. The second-order valence-electron chi connectivity index (χ2n) is 8.66. The number of nitrogens with one attached hydrogen (secondary N) is 1. The first-order valence-corrected chi connectivity index (χ1v) is 11.3. The van der Waals surface area contributed by atoms with Gasteiger partial charge in [-0.1, -0.05) is 17.7 Å². The number of anilines is 1. The van der Waals surface area contributed by atoms with E-state index < -0.39 is 0 Å². The molecule has 0 spiro atoms. The number of nitrogen functional groups attached to an aromatic ring is 1. The van der Waals surface area contributed by atoms with Crippen LogP contribution in [0.4, 0.5) is 5.82 Å². The van der Waals surface area contributed by atoms with Crippen LogP contribution >= 0.6 is 11.8 Å². The molecule has 0 saturated heterocycles. The Kier molecular flexibility index (Phi) is 6.08.